The van der Waals surface area contributed by atoms with Gasteiger partial charge in [0.05, 0.1) is 28.8 Å². The minimum absolute atomic E-state index is 0.0627. The number of aryl methyl sites for hydroxylation is 1. The SMILES string of the molecule is CSNC(=O)c1nc(Cl)ccc1NC(C)c1cc(C)cc2c(=O)n(C)c(N3CCCC3)nc12.Oc1cccnc1. The van der Waals surface area contributed by atoms with E-state index >= 15 is 0 Å². The van der Waals surface area contributed by atoms with Gasteiger partial charge in [0, 0.05) is 38.2 Å². The Kier molecular flexibility index (Phi) is 9.49. The van der Waals surface area contributed by atoms with Gasteiger partial charge in [0.15, 0.2) is 5.69 Å². The summed E-state index contributed by atoms with van der Waals surface area (Å²) < 4.78 is 4.33. The van der Waals surface area contributed by atoms with Gasteiger partial charge in [-0.2, -0.15) is 0 Å². The molecule has 4 aromatic rings. The lowest BCUT2D eigenvalue weighted by atomic mass is 10.0. The zero-order chi connectivity index (χ0) is 28.8. The summed E-state index contributed by atoms with van der Waals surface area (Å²) in [5.74, 6) is 0.565. The van der Waals surface area contributed by atoms with E-state index in [0.717, 1.165) is 37.1 Å². The van der Waals surface area contributed by atoms with Crippen LogP contribution in [0.3, 0.4) is 0 Å². The summed E-state index contributed by atoms with van der Waals surface area (Å²) in [6.07, 6.45) is 6.95. The Morgan fingerprint density at radius 1 is 1.18 bits per heavy atom. The van der Waals surface area contributed by atoms with Gasteiger partial charge in [-0.15, -0.1) is 0 Å². The predicted octanol–water partition coefficient (Wildman–Crippen LogP) is 4.86. The lowest BCUT2D eigenvalue weighted by Gasteiger charge is -2.23. The molecule has 1 aromatic carbocycles. The summed E-state index contributed by atoms with van der Waals surface area (Å²) in [6, 6.07) is 10.3. The summed E-state index contributed by atoms with van der Waals surface area (Å²) in [5, 5.41) is 12.8. The Balaban J connectivity index is 0.000000461. The molecule has 0 saturated carbocycles. The third-order valence-electron chi connectivity index (χ3n) is 6.48. The minimum atomic E-state index is -0.336. The van der Waals surface area contributed by atoms with E-state index in [0.29, 0.717) is 22.5 Å². The van der Waals surface area contributed by atoms with Crippen LogP contribution in [0.1, 0.15) is 47.4 Å². The molecular weight excluding hydrogens is 550 g/mol. The second kappa shape index (κ2) is 13.0. The molecule has 1 aliphatic heterocycles. The lowest BCUT2D eigenvalue weighted by molar-refractivity contribution is 0.0980. The van der Waals surface area contributed by atoms with E-state index in [1.165, 1.54) is 18.1 Å². The van der Waals surface area contributed by atoms with Gasteiger partial charge in [-0.1, -0.05) is 29.6 Å². The Morgan fingerprint density at radius 3 is 2.55 bits per heavy atom. The molecule has 1 atom stereocenters. The molecule has 5 rings (SSSR count). The van der Waals surface area contributed by atoms with Crippen molar-refractivity contribution in [2.75, 3.05) is 29.6 Å². The van der Waals surface area contributed by atoms with Crippen LogP contribution in [-0.4, -0.2) is 49.9 Å². The van der Waals surface area contributed by atoms with Gasteiger partial charge in [-0.05, 0) is 62.6 Å². The highest BCUT2D eigenvalue weighted by molar-refractivity contribution is 7.97. The fourth-order valence-corrected chi connectivity index (χ4v) is 5.03. The largest absolute Gasteiger partial charge is 0.506 e. The monoisotopic (exact) mass is 581 g/mol. The number of aromatic nitrogens is 4. The fourth-order valence-electron chi connectivity index (χ4n) is 4.60. The number of benzene rings is 1. The molecule has 1 aliphatic rings. The molecule has 0 aliphatic carbocycles. The first-order valence-corrected chi connectivity index (χ1v) is 14.4. The standard InChI is InChI=1S/C23H27ClN6O2S.C5H5NO/c1-13-11-15(14(2)25-17-7-8-18(24)26-20(17)21(31)28-33-4)19-16(12-13)22(32)29(3)23(27-19)30-9-5-6-10-30;7-5-2-1-3-6-4-5/h7-8,11-12,14,25H,5-6,9-10H2,1-4H3,(H,28,31);1-4,7H. The van der Waals surface area contributed by atoms with E-state index in [1.807, 2.05) is 26.0 Å². The van der Waals surface area contributed by atoms with Crippen LogP contribution in [-0.2, 0) is 7.05 Å². The lowest BCUT2D eigenvalue weighted by Crippen LogP contribution is -2.30. The molecule has 40 heavy (non-hydrogen) atoms. The highest BCUT2D eigenvalue weighted by Gasteiger charge is 2.22. The zero-order valence-corrected chi connectivity index (χ0v) is 24.4. The molecule has 1 unspecified atom stereocenters. The van der Waals surface area contributed by atoms with E-state index in [-0.39, 0.29) is 34.1 Å². The van der Waals surface area contributed by atoms with E-state index < -0.39 is 0 Å². The molecule has 10 nitrogen and oxygen atoms in total. The normalized spacial score (nSPS) is 13.5. The van der Waals surface area contributed by atoms with Crippen LogP contribution in [0.15, 0.2) is 53.6 Å². The Morgan fingerprint density at radius 2 is 1.93 bits per heavy atom. The maximum Gasteiger partial charge on any atom is 0.281 e. The molecular formula is C28H32ClN7O3S. The highest BCUT2D eigenvalue weighted by atomic mass is 35.5. The first-order valence-electron chi connectivity index (χ1n) is 12.8. The molecule has 0 bridgehead atoms. The predicted molar refractivity (Wildman–Crippen MR) is 161 cm³/mol. The Bertz CT molecular complexity index is 1560. The third-order valence-corrected chi connectivity index (χ3v) is 7.08. The van der Waals surface area contributed by atoms with Gasteiger partial charge in [-0.3, -0.25) is 23.9 Å². The molecule has 4 heterocycles. The smallest absolute Gasteiger partial charge is 0.281 e. The van der Waals surface area contributed by atoms with Crippen molar-refractivity contribution in [3.8, 4) is 5.75 Å². The van der Waals surface area contributed by atoms with Crippen molar-refractivity contribution in [1.82, 2.24) is 24.2 Å². The molecule has 1 amide bonds. The number of pyridine rings is 2. The maximum absolute atomic E-state index is 13.2. The molecule has 0 spiro atoms. The number of nitrogens with zero attached hydrogens (tertiary/aromatic N) is 5. The van der Waals surface area contributed by atoms with Crippen molar-refractivity contribution >= 4 is 52.0 Å². The summed E-state index contributed by atoms with van der Waals surface area (Å²) in [7, 11) is 1.78. The van der Waals surface area contributed by atoms with E-state index in [2.05, 4.69) is 24.9 Å². The number of nitrogens with one attached hydrogen (secondary N) is 2. The maximum atomic E-state index is 13.2. The third kappa shape index (κ3) is 6.65. The van der Waals surface area contributed by atoms with Crippen LogP contribution in [0.5, 0.6) is 5.75 Å². The van der Waals surface area contributed by atoms with Crippen molar-refractivity contribution in [3.05, 3.63) is 81.1 Å². The van der Waals surface area contributed by atoms with E-state index in [4.69, 9.17) is 21.7 Å². The number of carbonyl (C=O) groups excluding carboxylic acids is 1. The molecule has 210 valence electrons. The summed E-state index contributed by atoms with van der Waals surface area (Å²) >= 11 is 7.24. The fraction of sp³-hybridized carbons (Fsp3) is 0.321. The van der Waals surface area contributed by atoms with E-state index in [1.54, 1.807) is 48.3 Å². The van der Waals surface area contributed by atoms with Crippen LogP contribution in [0, 0.1) is 6.92 Å². The number of carbonyl (C=O) groups is 1. The minimum Gasteiger partial charge on any atom is -0.506 e. The van der Waals surface area contributed by atoms with Crippen LogP contribution in [0.25, 0.3) is 10.9 Å². The van der Waals surface area contributed by atoms with Gasteiger partial charge < -0.3 is 15.3 Å². The highest BCUT2D eigenvalue weighted by Crippen LogP contribution is 2.29. The van der Waals surface area contributed by atoms with Gasteiger partial charge in [0.2, 0.25) is 5.95 Å². The number of fused-ring (bicyclic) bond motifs is 1. The average Bonchev–Trinajstić information content (AvgIpc) is 3.47. The second-order valence-corrected chi connectivity index (χ2v) is 10.5. The Hall–Kier alpha value is -3.83. The van der Waals surface area contributed by atoms with Gasteiger partial charge in [-0.25, -0.2) is 9.97 Å². The first kappa shape index (κ1) is 29.2. The van der Waals surface area contributed by atoms with Gasteiger partial charge in [0.1, 0.15) is 10.9 Å². The van der Waals surface area contributed by atoms with Gasteiger partial charge >= 0.3 is 0 Å². The van der Waals surface area contributed by atoms with Crippen molar-refractivity contribution < 1.29 is 9.90 Å². The average molecular weight is 582 g/mol. The van der Waals surface area contributed by atoms with E-state index in [9.17, 15) is 9.59 Å². The van der Waals surface area contributed by atoms with Crippen LogP contribution in [0.4, 0.5) is 11.6 Å². The molecule has 0 radical (unpaired) electrons. The summed E-state index contributed by atoms with van der Waals surface area (Å²) in [4.78, 5) is 40.7. The number of amides is 1. The van der Waals surface area contributed by atoms with Gasteiger partial charge in [0.25, 0.3) is 11.5 Å². The Labute approximate surface area is 242 Å². The number of halogens is 1. The molecule has 12 heteroatoms. The van der Waals surface area contributed by atoms with Crippen LogP contribution < -0.4 is 20.5 Å². The molecule has 3 N–H and O–H groups in total. The number of hydrogen-bond donors (Lipinski definition) is 3. The number of anilines is 2. The van der Waals surface area contributed by atoms with Crippen LogP contribution >= 0.6 is 23.5 Å². The summed E-state index contributed by atoms with van der Waals surface area (Å²) in [5.41, 5.74) is 3.22. The molecule has 1 saturated heterocycles. The zero-order valence-electron chi connectivity index (χ0n) is 22.8. The van der Waals surface area contributed by atoms with Crippen LogP contribution in [0.2, 0.25) is 5.15 Å². The first-order chi connectivity index (χ1) is 19.2. The van der Waals surface area contributed by atoms with Crippen molar-refractivity contribution in [2.24, 2.45) is 7.05 Å². The number of rotatable bonds is 6. The number of hydrogen-bond acceptors (Lipinski definition) is 9. The van der Waals surface area contributed by atoms with Crippen molar-refractivity contribution in [2.45, 2.75) is 32.7 Å². The second-order valence-electron chi connectivity index (χ2n) is 9.46. The molecule has 3 aromatic heterocycles. The number of aromatic hydroxyl groups is 1. The topological polar surface area (TPSA) is 125 Å². The quantitative estimate of drug-likeness (QED) is 0.216. The molecule has 1 fully saturated rings. The van der Waals surface area contributed by atoms with Crippen molar-refractivity contribution in [1.29, 1.82) is 0 Å². The van der Waals surface area contributed by atoms with Crippen molar-refractivity contribution in [3.63, 3.8) is 0 Å². The summed E-state index contributed by atoms with van der Waals surface area (Å²) in [6.45, 7) is 5.73.